The minimum Gasteiger partial charge on any atom is -0.325 e. The number of benzene rings is 2. The number of hydrogen-bond acceptors (Lipinski definition) is 3. The van der Waals surface area contributed by atoms with Crippen molar-refractivity contribution in [3.8, 4) is 0 Å². The summed E-state index contributed by atoms with van der Waals surface area (Å²) >= 11 is 1.57. The number of Topliss-reactive ketones (excluding diaryl/α,β-unsaturated/α-hetero) is 1. The lowest BCUT2D eigenvalue weighted by molar-refractivity contribution is -0.113. The van der Waals surface area contributed by atoms with E-state index in [4.69, 9.17) is 0 Å². The van der Waals surface area contributed by atoms with Crippen LogP contribution in [0.3, 0.4) is 0 Å². The number of aryl methyl sites for hydroxylation is 2. The molecule has 2 rings (SSSR count). The highest BCUT2D eigenvalue weighted by Gasteiger charge is 2.09. The molecular weight excluding hydrogens is 306 g/mol. The first-order valence-corrected chi connectivity index (χ1v) is 8.66. The third-order valence-electron chi connectivity index (χ3n) is 3.36. The van der Waals surface area contributed by atoms with Crippen LogP contribution in [0.25, 0.3) is 0 Å². The molecule has 2 aromatic rings. The van der Waals surface area contributed by atoms with Crippen LogP contribution >= 0.6 is 11.8 Å². The van der Waals surface area contributed by atoms with Crippen molar-refractivity contribution in [1.82, 2.24) is 0 Å². The van der Waals surface area contributed by atoms with Gasteiger partial charge >= 0.3 is 0 Å². The molecule has 1 N–H and O–H groups in total. The van der Waals surface area contributed by atoms with E-state index >= 15 is 0 Å². The van der Waals surface area contributed by atoms with E-state index in [2.05, 4.69) is 37.4 Å². The summed E-state index contributed by atoms with van der Waals surface area (Å²) in [6, 6.07) is 13.5. The molecule has 23 heavy (non-hydrogen) atoms. The van der Waals surface area contributed by atoms with E-state index in [0.717, 1.165) is 5.75 Å². The highest BCUT2D eigenvalue weighted by Crippen LogP contribution is 2.18. The van der Waals surface area contributed by atoms with Gasteiger partial charge in [0.05, 0.1) is 11.4 Å². The summed E-state index contributed by atoms with van der Waals surface area (Å²) in [5.41, 5.74) is 4.82. The quantitative estimate of drug-likeness (QED) is 0.801. The van der Waals surface area contributed by atoms with Gasteiger partial charge < -0.3 is 5.32 Å². The Bertz CT molecular complexity index is 705. The standard InChI is InChI=1S/C19H21NO2S/c1-13-8-14(2)10-16(9-13)11-23-12-19(22)20-18-7-5-4-6-17(18)15(3)21/h4-10H,11-12H2,1-3H3,(H,20,22). The molecule has 0 aliphatic rings. The van der Waals surface area contributed by atoms with Gasteiger partial charge in [-0.15, -0.1) is 11.8 Å². The van der Waals surface area contributed by atoms with E-state index in [1.165, 1.54) is 23.6 Å². The van der Waals surface area contributed by atoms with Crippen molar-refractivity contribution in [3.63, 3.8) is 0 Å². The Labute approximate surface area is 141 Å². The molecule has 3 nitrogen and oxygen atoms in total. The van der Waals surface area contributed by atoms with Crippen LogP contribution in [-0.4, -0.2) is 17.4 Å². The number of carbonyl (C=O) groups excluding carboxylic acids is 2. The van der Waals surface area contributed by atoms with E-state index in [-0.39, 0.29) is 11.7 Å². The first kappa shape index (κ1) is 17.3. The summed E-state index contributed by atoms with van der Waals surface area (Å²) < 4.78 is 0. The third kappa shape index (κ3) is 5.25. The number of para-hydroxylation sites is 1. The smallest absolute Gasteiger partial charge is 0.234 e. The first-order valence-electron chi connectivity index (χ1n) is 7.50. The molecule has 0 fully saturated rings. The van der Waals surface area contributed by atoms with Gasteiger partial charge in [-0.2, -0.15) is 0 Å². The predicted molar refractivity (Wildman–Crippen MR) is 97.2 cm³/mol. The van der Waals surface area contributed by atoms with Crippen LogP contribution in [0.15, 0.2) is 42.5 Å². The molecule has 0 aromatic heterocycles. The Morgan fingerprint density at radius 2 is 1.70 bits per heavy atom. The largest absolute Gasteiger partial charge is 0.325 e. The number of thioether (sulfide) groups is 1. The number of ketones is 1. The molecular formula is C19H21NO2S. The number of amides is 1. The lowest BCUT2D eigenvalue weighted by Crippen LogP contribution is -2.16. The van der Waals surface area contributed by atoms with Crippen molar-refractivity contribution in [2.75, 3.05) is 11.1 Å². The molecule has 0 saturated heterocycles. The summed E-state index contributed by atoms with van der Waals surface area (Å²) in [5, 5.41) is 2.82. The van der Waals surface area contributed by atoms with Crippen LogP contribution in [-0.2, 0) is 10.5 Å². The van der Waals surface area contributed by atoms with Crippen molar-refractivity contribution >= 4 is 29.1 Å². The van der Waals surface area contributed by atoms with E-state index in [0.29, 0.717) is 17.0 Å². The van der Waals surface area contributed by atoms with Crippen LogP contribution in [0.2, 0.25) is 0 Å². The second-order valence-electron chi connectivity index (χ2n) is 5.64. The number of rotatable bonds is 6. The van der Waals surface area contributed by atoms with Gasteiger partial charge in [-0.3, -0.25) is 9.59 Å². The Kier molecular flexibility index (Phi) is 5.99. The average Bonchev–Trinajstić information content (AvgIpc) is 2.46. The average molecular weight is 327 g/mol. The zero-order valence-electron chi connectivity index (χ0n) is 13.7. The van der Waals surface area contributed by atoms with E-state index < -0.39 is 0 Å². The molecule has 1 amide bonds. The molecule has 0 atom stereocenters. The van der Waals surface area contributed by atoms with Crippen molar-refractivity contribution in [2.24, 2.45) is 0 Å². The SMILES string of the molecule is CC(=O)c1ccccc1NC(=O)CSCc1cc(C)cc(C)c1. The van der Waals surface area contributed by atoms with Gasteiger partial charge in [-0.1, -0.05) is 41.5 Å². The summed E-state index contributed by atoms with van der Waals surface area (Å²) in [6.45, 7) is 5.65. The molecule has 120 valence electrons. The van der Waals surface area contributed by atoms with Crippen molar-refractivity contribution in [1.29, 1.82) is 0 Å². The normalized spacial score (nSPS) is 10.4. The fourth-order valence-electron chi connectivity index (χ4n) is 2.50. The Morgan fingerprint density at radius 1 is 1.04 bits per heavy atom. The maximum absolute atomic E-state index is 12.1. The number of anilines is 1. The maximum atomic E-state index is 12.1. The lowest BCUT2D eigenvalue weighted by atomic mass is 10.1. The predicted octanol–water partition coefficient (Wildman–Crippen LogP) is 4.38. The zero-order valence-corrected chi connectivity index (χ0v) is 14.5. The zero-order chi connectivity index (χ0) is 16.8. The molecule has 4 heteroatoms. The van der Waals surface area contributed by atoms with Crippen LogP contribution in [0, 0.1) is 13.8 Å². The summed E-state index contributed by atoms with van der Waals surface area (Å²) in [6.07, 6.45) is 0. The molecule has 0 spiro atoms. The van der Waals surface area contributed by atoms with Gasteiger partial charge in [0.1, 0.15) is 0 Å². The molecule has 0 radical (unpaired) electrons. The highest BCUT2D eigenvalue weighted by molar-refractivity contribution is 7.99. The molecule has 2 aromatic carbocycles. The van der Waals surface area contributed by atoms with Gasteiger partial charge in [0.2, 0.25) is 5.91 Å². The number of hydrogen-bond donors (Lipinski definition) is 1. The van der Waals surface area contributed by atoms with Crippen LogP contribution < -0.4 is 5.32 Å². The van der Waals surface area contributed by atoms with Gasteiger partial charge in [0.25, 0.3) is 0 Å². The van der Waals surface area contributed by atoms with E-state index in [1.54, 1.807) is 30.0 Å². The Hall–Kier alpha value is -2.07. The van der Waals surface area contributed by atoms with Crippen molar-refractivity contribution < 1.29 is 9.59 Å². The van der Waals surface area contributed by atoms with Gasteiger partial charge in [0.15, 0.2) is 5.78 Å². The molecule has 0 saturated carbocycles. The summed E-state index contributed by atoms with van der Waals surface area (Å²) in [4.78, 5) is 23.6. The van der Waals surface area contributed by atoms with Gasteiger partial charge in [0, 0.05) is 11.3 Å². The maximum Gasteiger partial charge on any atom is 0.234 e. The van der Waals surface area contributed by atoms with Gasteiger partial charge in [-0.05, 0) is 38.5 Å². The fourth-order valence-corrected chi connectivity index (χ4v) is 3.26. The fraction of sp³-hybridized carbons (Fsp3) is 0.263. The van der Waals surface area contributed by atoms with Crippen LogP contribution in [0.1, 0.15) is 34.0 Å². The molecule has 0 aliphatic carbocycles. The number of nitrogens with one attached hydrogen (secondary N) is 1. The van der Waals surface area contributed by atoms with Crippen molar-refractivity contribution in [3.05, 3.63) is 64.7 Å². The van der Waals surface area contributed by atoms with Crippen LogP contribution in [0.4, 0.5) is 5.69 Å². The highest BCUT2D eigenvalue weighted by atomic mass is 32.2. The number of carbonyl (C=O) groups is 2. The van der Waals surface area contributed by atoms with E-state index in [9.17, 15) is 9.59 Å². The monoisotopic (exact) mass is 327 g/mol. The topological polar surface area (TPSA) is 46.2 Å². The third-order valence-corrected chi connectivity index (χ3v) is 4.37. The minimum atomic E-state index is -0.0897. The van der Waals surface area contributed by atoms with Crippen molar-refractivity contribution in [2.45, 2.75) is 26.5 Å². The molecule has 0 aliphatic heterocycles. The second-order valence-corrected chi connectivity index (χ2v) is 6.62. The minimum absolute atomic E-state index is 0.0520. The Balaban J connectivity index is 1.89. The van der Waals surface area contributed by atoms with Gasteiger partial charge in [-0.25, -0.2) is 0 Å². The summed E-state index contributed by atoms with van der Waals surface area (Å²) in [5.74, 6) is 1.01. The Morgan fingerprint density at radius 3 is 2.35 bits per heavy atom. The first-order chi connectivity index (χ1) is 11.0. The molecule has 0 heterocycles. The second kappa shape index (κ2) is 7.97. The molecule has 0 bridgehead atoms. The van der Waals surface area contributed by atoms with Crippen LogP contribution in [0.5, 0.6) is 0 Å². The lowest BCUT2D eigenvalue weighted by Gasteiger charge is -2.09. The van der Waals surface area contributed by atoms with E-state index in [1.807, 2.05) is 6.07 Å². The summed E-state index contributed by atoms with van der Waals surface area (Å²) in [7, 11) is 0. The molecule has 0 unspecified atom stereocenters.